The van der Waals surface area contributed by atoms with Crippen molar-refractivity contribution in [2.45, 2.75) is 32.6 Å². The Morgan fingerprint density at radius 1 is 1.00 bits per heavy atom. The predicted octanol–water partition coefficient (Wildman–Crippen LogP) is 5.48. The lowest BCUT2D eigenvalue weighted by Gasteiger charge is -2.16. The van der Waals surface area contributed by atoms with Gasteiger partial charge in [0.25, 0.3) is 0 Å². The van der Waals surface area contributed by atoms with Crippen molar-refractivity contribution in [2.75, 3.05) is 0 Å². The molecule has 4 rings (SSSR count). The highest BCUT2D eigenvalue weighted by Crippen LogP contribution is 2.31. The summed E-state index contributed by atoms with van der Waals surface area (Å²) in [5, 5.41) is 6.12. The highest BCUT2D eigenvalue weighted by Gasteiger charge is 2.31. The van der Waals surface area contributed by atoms with E-state index >= 15 is 0 Å². The van der Waals surface area contributed by atoms with Crippen molar-refractivity contribution in [3.05, 3.63) is 71.2 Å². The van der Waals surface area contributed by atoms with Gasteiger partial charge in [-0.15, -0.1) is 11.3 Å². The van der Waals surface area contributed by atoms with Gasteiger partial charge in [-0.25, -0.2) is 4.98 Å². The number of nitrogens with zero attached hydrogens (tertiary/aromatic N) is 2. The normalized spacial score (nSPS) is 12.9. The van der Waals surface area contributed by atoms with Gasteiger partial charge in [-0.2, -0.15) is 8.42 Å². The number of ketones is 1. The minimum Gasteiger partial charge on any atom is -0.292 e. The van der Waals surface area contributed by atoms with Crippen LogP contribution in [0.25, 0.3) is 21.0 Å². The van der Waals surface area contributed by atoms with Crippen molar-refractivity contribution in [3.63, 3.8) is 0 Å². The first kappa shape index (κ1) is 22.1. The lowest BCUT2D eigenvalue weighted by Crippen LogP contribution is -2.29. The Morgan fingerprint density at radius 2 is 1.69 bits per heavy atom. The van der Waals surface area contributed by atoms with Gasteiger partial charge in [0, 0.05) is 10.8 Å². The maximum atomic E-state index is 13.2. The molecule has 164 valence electrons. The Labute approximate surface area is 190 Å². The summed E-state index contributed by atoms with van der Waals surface area (Å²) in [5.74, 6) is -0.361. The molecule has 1 heterocycles. The van der Waals surface area contributed by atoms with Crippen LogP contribution in [-0.2, 0) is 19.2 Å². The van der Waals surface area contributed by atoms with Crippen molar-refractivity contribution in [1.29, 1.82) is 0 Å². The molecule has 0 radical (unpaired) electrons. The fourth-order valence-corrected chi connectivity index (χ4v) is 4.82. The third kappa shape index (κ3) is 4.28. The average Bonchev–Trinajstić information content (AvgIpc) is 3.18. The molecule has 0 atom stereocenters. The van der Waals surface area contributed by atoms with E-state index in [-0.39, 0.29) is 16.4 Å². The fraction of sp³-hybridized carbons (Fsp3) is 0.208. The van der Waals surface area contributed by atoms with Crippen LogP contribution in [0.15, 0.2) is 70.7 Å². The monoisotopic (exact) mass is 466 g/mol. The smallest absolute Gasteiger partial charge is 0.292 e. The van der Waals surface area contributed by atoms with E-state index in [2.05, 4.69) is 10.1 Å². The minimum absolute atomic E-state index is 0.0373. The van der Waals surface area contributed by atoms with Crippen LogP contribution < -0.4 is 0 Å². The van der Waals surface area contributed by atoms with Gasteiger partial charge in [0.15, 0.2) is 11.5 Å². The molecular formula is C24H22N2O4S2. The molecular weight excluding hydrogens is 444 g/mol. The van der Waals surface area contributed by atoms with Crippen molar-refractivity contribution in [2.24, 2.45) is 10.6 Å². The molecule has 0 N–H and O–H groups in total. The van der Waals surface area contributed by atoms with Gasteiger partial charge < -0.3 is 0 Å². The number of thiazole rings is 1. The van der Waals surface area contributed by atoms with Crippen LogP contribution in [0, 0.1) is 12.3 Å². The summed E-state index contributed by atoms with van der Waals surface area (Å²) >= 11 is 1.28. The standard InChI is InChI=1S/C24H22N2O4S2/c1-15-9-12-17(13-10-15)32(28,29)30-26-21(22(27)24(2,3)4)23-25-20-18-8-6-5-7-16(18)11-14-19(20)31-23/h5-14H,1-4H3. The summed E-state index contributed by atoms with van der Waals surface area (Å²) in [7, 11) is -4.19. The van der Waals surface area contributed by atoms with E-state index in [1.54, 1.807) is 32.9 Å². The van der Waals surface area contributed by atoms with E-state index in [4.69, 9.17) is 4.28 Å². The van der Waals surface area contributed by atoms with Gasteiger partial charge >= 0.3 is 10.1 Å². The zero-order valence-corrected chi connectivity index (χ0v) is 19.8. The number of fused-ring (bicyclic) bond motifs is 3. The minimum atomic E-state index is -4.19. The van der Waals surface area contributed by atoms with Gasteiger partial charge in [-0.3, -0.25) is 9.08 Å². The predicted molar refractivity (Wildman–Crippen MR) is 128 cm³/mol. The van der Waals surface area contributed by atoms with E-state index < -0.39 is 15.5 Å². The second-order valence-corrected chi connectivity index (χ2v) is 11.1. The number of Topliss-reactive ketones (excluding diaryl/α,β-unsaturated/α-hetero) is 1. The number of hydrogen-bond donors (Lipinski definition) is 0. The molecule has 0 fully saturated rings. The first-order chi connectivity index (χ1) is 15.1. The Hall–Kier alpha value is -3.10. The summed E-state index contributed by atoms with van der Waals surface area (Å²) in [6.07, 6.45) is 0. The van der Waals surface area contributed by atoms with Crippen LogP contribution in [0.2, 0.25) is 0 Å². The van der Waals surface area contributed by atoms with Gasteiger partial charge in [0.1, 0.15) is 9.90 Å². The topological polar surface area (TPSA) is 85.7 Å². The lowest BCUT2D eigenvalue weighted by atomic mass is 9.88. The number of aryl methyl sites for hydroxylation is 1. The number of hydrogen-bond acceptors (Lipinski definition) is 7. The summed E-state index contributed by atoms with van der Waals surface area (Å²) in [5.41, 5.74) is 0.727. The fourth-order valence-electron chi connectivity index (χ4n) is 3.13. The number of aromatic nitrogens is 1. The van der Waals surface area contributed by atoms with Crippen molar-refractivity contribution >= 4 is 53.9 Å². The number of carbonyl (C=O) groups excluding carboxylic acids is 1. The highest BCUT2D eigenvalue weighted by atomic mass is 32.2. The average molecular weight is 467 g/mol. The van der Waals surface area contributed by atoms with Crippen molar-refractivity contribution in [3.8, 4) is 0 Å². The Balaban J connectivity index is 1.82. The summed E-state index contributed by atoms with van der Waals surface area (Å²) in [6, 6.07) is 17.9. The molecule has 0 aliphatic rings. The molecule has 32 heavy (non-hydrogen) atoms. The van der Waals surface area contributed by atoms with E-state index in [1.165, 1.54) is 23.5 Å². The summed E-state index contributed by atoms with van der Waals surface area (Å²) < 4.78 is 31.1. The second-order valence-electron chi connectivity index (χ2n) is 8.51. The van der Waals surface area contributed by atoms with Gasteiger partial charge in [-0.05, 0) is 30.5 Å². The second kappa shape index (κ2) is 8.11. The molecule has 8 heteroatoms. The Bertz CT molecular complexity index is 1460. The van der Waals surface area contributed by atoms with E-state index in [9.17, 15) is 13.2 Å². The van der Waals surface area contributed by atoms with Gasteiger partial charge in [0.05, 0.1) is 10.2 Å². The van der Waals surface area contributed by atoms with Crippen molar-refractivity contribution < 1.29 is 17.5 Å². The molecule has 0 saturated heterocycles. The van der Waals surface area contributed by atoms with Crippen LogP contribution in [0.4, 0.5) is 0 Å². The van der Waals surface area contributed by atoms with Crippen LogP contribution in [0.3, 0.4) is 0 Å². The zero-order valence-electron chi connectivity index (χ0n) is 18.1. The maximum absolute atomic E-state index is 13.2. The zero-order chi connectivity index (χ0) is 23.1. The molecule has 3 aromatic carbocycles. The highest BCUT2D eigenvalue weighted by molar-refractivity contribution is 7.86. The lowest BCUT2D eigenvalue weighted by molar-refractivity contribution is -0.119. The Kier molecular flexibility index (Phi) is 5.60. The van der Waals surface area contributed by atoms with E-state index in [0.29, 0.717) is 5.01 Å². The summed E-state index contributed by atoms with van der Waals surface area (Å²) in [4.78, 5) is 17.8. The largest absolute Gasteiger partial charge is 0.358 e. The van der Waals surface area contributed by atoms with Crippen LogP contribution in [0.5, 0.6) is 0 Å². The Morgan fingerprint density at radius 3 is 2.38 bits per heavy atom. The number of oxime groups is 1. The third-order valence-corrected chi connectivity index (χ3v) is 7.07. The molecule has 0 aliphatic heterocycles. The molecule has 1 aromatic heterocycles. The molecule has 0 bridgehead atoms. The SMILES string of the molecule is Cc1ccc(S(=O)(=O)ON=C(C(=O)C(C)(C)C)c2nc3c(ccc4ccccc43)s2)cc1. The number of carbonyl (C=O) groups is 1. The van der Waals surface area contributed by atoms with Gasteiger partial charge in [0.2, 0.25) is 0 Å². The maximum Gasteiger partial charge on any atom is 0.358 e. The third-order valence-electron chi connectivity index (χ3n) is 4.92. The van der Waals surface area contributed by atoms with Crippen molar-refractivity contribution in [1.82, 2.24) is 4.98 Å². The first-order valence-electron chi connectivity index (χ1n) is 9.98. The van der Waals surface area contributed by atoms with E-state index in [1.807, 2.05) is 43.3 Å². The van der Waals surface area contributed by atoms with Crippen LogP contribution in [-0.4, -0.2) is 24.9 Å². The molecule has 0 aliphatic carbocycles. The quantitative estimate of drug-likeness (QED) is 0.287. The molecule has 0 saturated carbocycles. The van der Waals surface area contributed by atoms with Crippen LogP contribution >= 0.6 is 11.3 Å². The number of benzene rings is 3. The number of rotatable bonds is 5. The molecule has 4 aromatic rings. The molecule has 0 spiro atoms. The van der Waals surface area contributed by atoms with Crippen LogP contribution in [0.1, 0.15) is 31.3 Å². The molecule has 0 amide bonds. The molecule has 0 unspecified atom stereocenters. The first-order valence-corrected chi connectivity index (χ1v) is 12.2. The molecule has 6 nitrogen and oxygen atoms in total. The van der Waals surface area contributed by atoms with E-state index in [0.717, 1.165) is 26.6 Å². The summed E-state index contributed by atoms with van der Waals surface area (Å²) in [6.45, 7) is 7.07. The van der Waals surface area contributed by atoms with Gasteiger partial charge in [-0.1, -0.05) is 74.0 Å².